The molecule has 0 aliphatic heterocycles. The number of esters is 2. The molecule has 2 unspecified atom stereocenters. The molecule has 0 spiro atoms. The molecule has 6 heteroatoms. The maximum Gasteiger partial charge on any atom is 0.323 e. The molecule has 0 heterocycles. The van der Waals surface area contributed by atoms with E-state index in [1.165, 1.54) is 6.42 Å². The van der Waals surface area contributed by atoms with Crippen molar-refractivity contribution in [1.82, 2.24) is 0 Å². The number of carbonyl (C=O) groups excluding carboxylic acids is 2. The molecule has 0 aliphatic carbocycles. The van der Waals surface area contributed by atoms with Crippen LogP contribution in [0.3, 0.4) is 0 Å². The fraction of sp³-hybridized carbons (Fsp3) is 0.440. The number of unbranched alkanes of at least 4 members (excludes halogenated alkanes) is 1. The molecular formula is C25H36N2O4. The Kier molecular flexibility index (Phi) is 13.6. The number of nitrogens with two attached hydrogens (primary N) is 2. The van der Waals surface area contributed by atoms with E-state index in [2.05, 4.69) is 13.8 Å². The summed E-state index contributed by atoms with van der Waals surface area (Å²) >= 11 is 0. The van der Waals surface area contributed by atoms with Gasteiger partial charge in [-0.2, -0.15) is 0 Å². The predicted molar refractivity (Wildman–Crippen MR) is 123 cm³/mol. The standard InChI is InChI=1S/C22H28N2O4.C3H8/c23-19(15-17-9-3-1-4-10-17)21(25)27-13-7-8-14-28-22(26)20(24)16-18-11-5-2-6-12-18;1-3-2/h1-6,9-12,19-20H,7-8,13-16,23-24H2;3H2,1-2H3. The van der Waals surface area contributed by atoms with Crippen molar-refractivity contribution < 1.29 is 19.1 Å². The Bertz CT molecular complexity index is 674. The van der Waals surface area contributed by atoms with Gasteiger partial charge >= 0.3 is 11.9 Å². The zero-order valence-electron chi connectivity index (χ0n) is 18.7. The van der Waals surface area contributed by atoms with Gasteiger partial charge in [0.25, 0.3) is 0 Å². The number of hydrogen-bond donors (Lipinski definition) is 2. The second-order valence-electron chi connectivity index (χ2n) is 7.34. The van der Waals surface area contributed by atoms with Crippen molar-refractivity contribution in [3.8, 4) is 0 Å². The Morgan fingerprint density at radius 3 is 1.35 bits per heavy atom. The predicted octanol–water partition coefficient (Wildman–Crippen LogP) is 3.41. The second-order valence-corrected chi connectivity index (χ2v) is 7.34. The van der Waals surface area contributed by atoms with E-state index in [1.807, 2.05) is 60.7 Å². The lowest BCUT2D eigenvalue weighted by atomic mass is 10.1. The third-order valence-electron chi connectivity index (χ3n) is 4.23. The molecule has 2 aromatic rings. The van der Waals surface area contributed by atoms with Gasteiger partial charge in [-0.25, -0.2) is 0 Å². The highest BCUT2D eigenvalue weighted by molar-refractivity contribution is 5.76. The van der Waals surface area contributed by atoms with Crippen LogP contribution < -0.4 is 11.5 Å². The van der Waals surface area contributed by atoms with Gasteiger partial charge in [-0.3, -0.25) is 9.59 Å². The van der Waals surface area contributed by atoms with E-state index in [4.69, 9.17) is 20.9 Å². The Morgan fingerprint density at radius 2 is 1.03 bits per heavy atom. The van der Waals surface area contributed by atoms with Gasteiger partial charge in [0.2, 0.25) is 0 Å². The van der Waals surface area contributed by atoms with Crippen molar-refractivity contribution in [1.29, 1.82) is 0 Å². The smallest absolute Gasteiger partial charge is 0.323 e. The summed E-state index contributed by atoms with van der Waals surface area (Å²) in [4.78, 5) is 23.8. The molecule has 0 fully saturated rings. The maximum absolute atomic E-state index is 11.9. The van der Waals surface area contributed by atoms with Crippen LogP contribution in [0.4, 0.5) is 0 Å². The van der Waals surface area contributed by atoms with Gasteiger partial charge in [-0.15, -0.1) is 0 Å². The van der Waals surface area contributed by atoms with Gasteiger partial charge in [-0.1, -0.05) is 80.9 Å². The average Bonchev–Trinajstić information content (AvgIpc) is 2.77. The molecule has 31 heavy (non-hydrogen) atoms. The molecule has 0 saturated carbocycles. The highest BCUT2D eigenvalue weighted by Crippen LogP contribution is 2.05. The van der Waals surface area contributed by atoms with Crippen LogP contribution in [-0.2, 0) is 31.9 Å². The quantitative estimate of drug-likeness (QED) is 0.420. The van der Waals surface area contributed by atoms with Crippen LogP contribution in [0.1, 0.15) is 44.2 Å². The Labute approximate surface area is 185 Å². The monoisotopic (exact) mass is 428 g/mol. The molecule has 6 nitrogen and oxygen atoms in total. The molecule has 0 bridgehead atoms. The Morgan fingerprint density at radius 1 is 0.710 bits per heavy atom. The fourth-order valence-electron chi connectivity index (χ4n) is 2.67. The van der Waals surface area contributed by atoms with Crippen molar-refractivity contribution in [2.24, 2.45) is 11.5 Å². The largest absolute Gasteiger partial charge is 0.465 e. The highest BCUT2D eigenvalue weighted by Gasteiger charge is 2.16. The molecule has 0 radical (unpaired) electrons. The van der Waals surface area contributed by atoms with Gasteiger partial charge in [0.05, 0.1) is 13.2 Å². The maximum atomic E-state index is 11.9. The normalized spacial score (nSPS) is 12.1. The SMILES string of the molecule is CCC.NC(Cc1ccccc1)C(=O)OCCCCOC(=O)C(N)Cc1ccccc1. The molecule has 0 aromatic heterocycles. The molecule has 170 valence electrons. The Balaban J connectivity index is 0.00000151. The molecule has 0 amide bonds. The Hall–Kier alpha value is -2.70. The first-order chi connectivity index (χ1) is 15.0. The van der Waals surface area contributed by atoms with Crippen molar-refractivity contribution >= 4 is 11.9 Å². The fourth-order valence-corrected chi connectivity index (χ4v) is 2.67. The summed E-state index contributed by atoms with van der Waals surface area (Å²) in [6.45, 7) is 4.74. The summed E-state index contributed by atoms with van der Waals surface area (Å²) in [6.07, 6.45) is 3.31. The van der Waals surface area contributed by atoms with Crippen LogP contribution >= 0.6 is 0 Å². The van der Waals surface area contributed by atoms with Crippen LogP contribution in [0.5, 0.6) is 0 Å². The minimum atomic E-state index is -0.684. The minimum absolute atomic E-state index is 0.245. The van der Waals surface area contributed by atoms with Crippen LogP contribution in [-0.4, -0.2) is 37.2 Å². The van der Waals surface area contributed by atoms with Crippen molar-refractivity contribution in [2.45, 2.75) is 58.0 Å². The lowest BCUT2D eigenvalue weighted by molar-refractivity contribution is -0.147. The topological polar surface area (TPSA) is 105 Å². The number of benzene rings is 2. The number of hydrogen-bond acceptors (Lipinski definition) is 6. The second kappa shape index (κ2) is 16.1. The van der Waals surface area contributed by atoms with E-state index in [0.717, 1.165) is 11.1 Å². The van der Waals surface area contributed by atoms with Crippen molar-refractivity contribution in [2.75, 3.05) is 13.2 Å². The van der Waals surface area contributed by atoms with Crippen LogP contribution in [0.15, 0.2) is 60.7 Å². The van der Waals surface area contributed by atoms with Crippen LogP contribution in [0.25, 0.3) is 0 Å². The van der Waals surface area contributed by atoms with Gasteiger partial charge in [0.1, 0.15) is 12.1 Å². The first kappa shape index (κ1) is 26.3. The molecule has 0 saturated heterocycles. The van der Waals surface area contributed by atoms with Gasteiger partial charge in [0.15, 0.2) is 0 Å². The van der Waals surface area contributed by atoms with E-state index >= 15 is 0 Å². The highest BCUT2D eigenvalue weighted by atomic mass is 16.5. The average molecular weight is 429 g/mol. The van der Waals surface area contributed by atoms with E-state index in [1.54, 1.807) is 0 Å². The number of ether oxygens (including phenoxy) is 2. The zero-order valence-corrected chi connectivity index (χ0v) is 18.7. The number of carbonyl (C=O) groups is 2. The third kappa shape index (κ3) is 11.9. The molecule has 4 N–H and O–H groups in total. The molecular weight excluding hydrogens is 392 g/mol. The lowest BCUT2D eigenvalue weighted by Gasteiger charge is -2.13. The van der Waals surface area contributed by atoms with Gasteiger partial charge in [-0.05, 0) is 36.8 Å². The lowest BCUT2D eigenvalue weighted by Crippen LogP contribution is -2.35. The summed E-state index contributed by atoms with van der Waals surface area (Å²) in [5, 5.41) is 0. The number of rotatable bonds is 11. The molecule has 2 rings (SSSR count). The summed E-state index contributed by atoms with van der Waals surface area (Å²) in [5.41, 5.74) is 13.7. The van der Waals surface area contributed by atoms with Crippen LogP contribution in [0, 0.1) is 0 Å². The van der Waals surface area contributed by atoms with E-state index in [9.17, 15) is 9.59 Å². The summed E-state index contributed by atoms with van der Waals surface area (Å²) in [5.74, 6) is -0.850. The summed E-state index contributed by atoms with van der Waals surface area (Å²) < 4.78 is 10.4. The van der Waals surface area contributed by atoms with Crippen LogP contribution in [0.2, 0.25) is 0 Å². The molecule has 2 aromatic carbocycles. The first-order valence-corrected chi connectivity index (χ1v) is 10.9. The molecule has 2 atom stereocenters. The van der Waals surface area contributed by atoms with Gasteiger partial charge < -0.3 is 20.9 Å². The van der Waals surface area contributed by atoms with Crippen molar-refractivity contribution in [3.63, 3.8) is 0 Å². The summed E-state index contributed by atoms with van der Waals surface area (Å²) in [6, 6.07) is 17.8. The third-order valence-corrected chi connectivity index (χ3v) is 4.23. The van der Waals surface area contributed by atoms with Gasteiger partial charge in [0, 0.05) is 0 Å². The summed E-state index contributed by atoms with van der Waals surface area (Å²) in [7, 11) is 0. The van der Waals surface area contributed by atoms with E-state index in [0.29, 0.717) is 25.7 Å². The minimum Gasteiger partial charge on any atom is -0.465 e. The first-order valence-electron chi connectivity index (χ1n) is 10.9. The zero-order chi connectivity index (χ0) is 22.9. The van der Waals surface area contributed by atoms with Crippen molar-refractivity contribution in [3.05, 3.63) is 71.8 Å². The van der Waals surface area contributed by atoms with E-state index < -0.39 is 24.0 Å². The van der Waals surface area contributed by atoms with E-state index in [-0.39, 0.29) is 13.2 Å². The molecule has 0 aliphatic rings.